The number of aryl methyl sites for hydroxylation is 4. The van der Waals surface area contributed by atoms with Crippen LogP contribution in [0.3, 0.4) is 0 Å². The van der Waals surface area contributed by atoms with E-state index in [4.69, 9.17) is 0 Å². The molecular formula is C23H24O3. The molecule has 0 aliphatic heterocycles. The number of rotatable bonds is 3. The Morgan fingerprint density at radius 3 is 1.54 bits per heavy atom. The highest BCUT2D eigenvalue weighted by molar-refractivity contribution is 5.58. The smallest absolute Gasteiger partial charge is 0.122 e. The molecule has 0 radical (unpaired) electrons. The van der Waals surface area contributed by atoms with E-state index in [0.29, 0.717) is 16.7 Å². The summed E-state index contributed by atoms with van der Waals surface area (Å²) in [7, 11) is 0. The van der Waals surface area contributed by atoms with Crippen molar-refractivity contribution in [2.45, 2.75) is 33.6 Å². The average Bonchev–Trinajstić information content (AvgIpc) is 2.58. The summed E-state index contributed by atoms with van der Waals surface area (Å²) < 4.78 is 0. The standard InChI is InChI=1S/C23H24O3/c1-13-5-7-20(24)17(10-13)22(18-11-14(2)6-8-21(18)25)19-12-15(3)9-16(4)23(19)26/h5-12,22,24-26H,1-4H3. The minimum atomic E-state index is -0.478. The van der Waals surface area contributed by atoms with Crippen molar-refractivity contribution in [2.75, 3.05) is 0 Å². The van der Waals surface area contributed by atoms with Crippen LogP contribution in [0.5, 0.6) is 17.2 Å². The van der Waals surface area contributed by atoms with Crippen LogP contribution < -0.4 is 0 Å². The minimum absolute atomic E-state index is 0.139. The first-order chi connectivity index (χ1) is 12.3. The van der Waals surface area contributed by atoms with Gasteiger partial charge in [-0.25, -0.2) is 0 Å². The van der Waals surface area contributed by atoms with Gasteiger partial charge in [-0.05, 0) is 45.4 Å². The maximum atomic E-state index is 10.8. The largest absolute Gasteiger partial charge is 0.508 e. The van der Waals surface area contributed by atoms with Crippen LogP contribution in [0, 0.1) is 27.7 Å². The van der Waals surface area contributed by atoms with Crippen molar-refractivity contribution in [3.63, 3.8) is 0 Å². The van der Waals surface area contributed by atoms with E-state index in [1.165, 1.54) is 0 Å². The average molecular weight is 348 g/mol. The molecule has 0 aromatic heterocycles. The number of benzene rings is 3. The lowest BCUT2D eigenvalue weighted by Crippen LogP contribution is -2.06. The molecule has 0 bridgehead atoms. The van der Waals surface area contributed by atoms with Crippen molar-refractivity contribution < 1.29 is 15.3 Å². The van der Waals surface area contributed by atoms with Crippen LogP contribution in [-0.4, -0.2) is 15.3 Å². The van der Waals surface area contributed by atoms with Gasteiger partial charge in [-0.1, -0.05) is 53.1 Å². The Morgan fingerprint density at radius 2 is 1.04 bits per heavy atom. The lowest BCUT2D eigenvalue weighted by molar-refractivity contribution is 0.448. The van der Waals surface area contributed by atoms with Crippen molar-refractivity contribution >= 4 is 0 Å². The first kappa shape index (κ1) is 17.9. The summed E-state index contributed by atoms with van der Waals surface area (Å²) in [5.41, 5.74) is 5.77. The predicted octanol–water partition coefficient (Wildman–Crippen LogP) is 5.22. The normalized spacial score (nSPS) is 11.1. The Hall–Kier alpha value is -2.94. The van der Waals surface area contributed by atoms with Crippen molar-refractivity contribution in [1.29, 1.82) is 0 Å². The van der Waals surface area contributed by atoms with Crippen molar-refractivity contribution in [1.82, 2.24) is 0 Å². The lowest BCUT2D eigenvalue weighted by Gasteiger charge is -2.24. The van der Waals surface area contributed by atoms with E-state index in [1.54, 1.807) is 12.1 Å². The second-order valence-electron chi connectivity index (χ2n) is 7.08. The van der Waals surface area contributed by atoms with Gasteiger partial charge in [-0.15, -0.1) is 0 Å². The summed E-state index contributed by atoms with van der Waals surface area (Å²) in [5.74, 6) is -0.0176. The van der Waals surface area contributed by atoms with E-state index in [1.807, 2.05) is 64.1 Å². The second kappa shape index (κ2) is 6.75. The molecule has 3 aromatic carbocycles. The molecule has 0 saturated carbocycles. The third-order valence-corrected chi connectivity index (χ3v) is 4.77. The maximum absolute atomic E-state index is 10.8. The first-order valence-electron chi connectivity index (χ1n) is 8.67. The first-order valence-corrected chi connectivity index (χ1v) is 8.67. The molecule has 26 heavy (non-hydrogen) atoms. The van der Waals surface area contributed by atoms with E-state index < -0.39 is 5.92 Å². The molecular weight excluding hydrogens is 324 g/mol. The van der Waals surface area contributed by atoms with Gasteiger partial charge in [0.05, 0.1) is 0 Å². The van der Waals surface area contributed by atoms with E-state index >= 15 is 0 Å². The summed E-state index contributed by atoms with van der Waals surface area (Å²) in [6.07, 6.45) is 0. The van der Waals surface area contributed by atoms with Gasteiger partial charge in [0.2, 0.25) is 0 Å². The van der Waals surface area contributed by atoms with Crippen molar-refractivity contribution in [3.8, 4) is 17.2 Å². The van der Waals surface area contributed by atoms with Crippen LogP contribution in [0.2, 0.25) is 0 Å². The van der Waals surface area contributed by atoms with E-state index in [-0.39, 0.29) is 17.2 Å². The molecule has 0 aliphatic carbocycles. The molecule has 3 aromatic rings. The van der Waals surface area contributed by atoms with Gasteiger partial charge in [-0.2, -0.15) is 0 Å². The van der Waals surface area contributed by atoms with Gasteiger partial charge in [0.15, 0.2) is 0 Å². The predicted molar refractivity (Wildman–Crippen MR) is 104 cm³/mol. The second-order valence-corrected chi connectivity index (χ2v) is 7.08. The topological polar surface area (TPSA) is 60.7 Å². The molecule has 0 spiro atoms. The Morgan fingerprint density at radius 1 is 0.577 bits per heavy atom. The minimum Gasteiger partial charge on any atom is -0.508 e. The lowest BCUT2D eigenvalue weighted by atomic mass is 9.81. The highest BCUT2D eigenvalue weighted by Crippen LogP contribution is 2.45. The van der Waals surface area contributed by atoms with Gasteiger partial charge in [0.25, 0.3) is 0 Å². The van der Waals surface area contributed by atoms with E-state index in [9.17, 15) is 15.3 Å². The quantitative estimate of drug-likeness (QED) is 0.569. The molecule has 0 atom stereocenters. The van der Waals surface area contributed by atoms with Crippen molar-refractivity contribution in [3.05, 3.63) is 87.5 Å². The Balaban J connectivity index is 2.37. The Bertz CT molecular complexity index is 922. The zero-order valence-electron chi connectivity index (χ0n) is 15.5. The fourth-order valence-corrected chi connectivity index (χ4v) is 3.53. The third kappa shape index (κ3) is 3.25. The summed E-state index contributed by atoms with van der Waals surface area (Å²) in [5, 5.41) is 31.9. The van der Waals surface area contributed by atoms with Crippen LogP contribution >= 0.6 is 0 Å². The summed E-state index contributed by atoms with van der Waals surface area (Å²) in [4.78, 5) is 0. The van der Waals surface area contributed by atoms with Gasteiger partial charge in [-0.3, -0.25) is 0 Å². The molecule has 0 aliphatic rings. The molecule has 0 unspecified atom stereocenters. The molecule has 0 heterocycles. The van der Waals surface area contributed by atoms with Gasteiger partial charge in [0.1, 0.15) is 17.2 Å². The molecule has 3 nitrogen and oxygen atoms in total. The van der Waals surface area contributed by atoms with E-state index in [2.05, 4.69) is 0 Å². The maximum Gasteiger partial charge on any atom is 0.122 e. The molecule has 3 heteroatoms. The van der Waals surface area contributed by atoms with Gasteiger partial charge >= 0.3 is 0 Å². The molecule has 0 amide bonds. The molecule has 0 fully saturated rings. The molecule has 134 valence electrons. The third-order valence-electron chi connectivity index (χ3n) is 4.77. The molecule has 0 saturated heterocycles. The monoisotopic (exact) mass is 348 g/mol. The highest BCUT2D eigenvalue weighted by Gasteiger charge is 2.26. The van der Waals surface area contributed by atoms with Gasteiger partial charge in [0, 0.05) is 22.6 Å². The Kier molecular flexibility index (Phi) is 4.64. The zero-order chi connectivity index (χ0) is 19.0. The summed E-state index contributed by atoms with van der Waals surface area (Å²) in [6.45, 7) is 7.74. The number of phenols is 3. The van der Waals surface area contributed by atoms with Crippen molar-refractivity contribution in [2.24, 2.45) is 0 Å². The zero-order valence-corrected chi connectivity index (χ0v) is 15.5. The fraction of sp³-hybridized carbons (Fsp3) is 0.217. The van der Waals surface area contributed by atoms with Crippen LogP contribution in [0.25, 0.3) is 0 Å². The summed E-state index contributed by atoms with van der Waals surface area (Å²) >= 11 is 0. The number of hydrogen-bond acceptors (Lipinski definition) is 3. The van der Waals surface area contributed by atoms with Gasteiger partial charge < -0.3 is 15.3 Å². The fourth-order valence-electron chi connectivity index (χ4n) is 3.53. The highest BCUT2D eigenvalue weighted by atomic mass is 16.3. The van der Waals surface area contributed by atoms with Crippen LogP contribution in [0.4, 0.5) is 0 Å². The summed E-state index contributed by atoms with van der Waals surface area (Å²) in [6, 6.07) is 14.6. The molecule has 3 rings (SSSR count). The Labute approximate surface area is 154 Å². The number of phenolic OH excluding ortho intramolecular Hbond substituents is 3. The number of hydrogen-bond donors (Lipinski definition) is 3. The molecule has 3 N–H and O–H groups in total. The number of aromatic hydroxyl groups is 3. The van der Waals surface area contributed by atoms with E-state index in [0.717, 1.165) is 22.3 Å². The van der Waals surface area contributed by atoms with Crippen LogP contribution in [0.1, 0.15) is 44.9 Å². The van der Waals surface area contributed by atoms with Crippen LogP contribution in [0.15, 0.2) is 48.5 Å². The van der Waals surface area contributed by atoms with Crippen LogP contribution in [-0.2, 0) is 0 Å². The SMILES string of the molecule is Cc1ccc(O)c(C(c2cc(C)ccc2O)c2cc(C)cc(C)c2O)c1.